The van der Waals surface area contributed by atoms with Gasteiger partial charge in [-0.3, -0.25) is 0 Å². The summed E-state index contributed by atoms with van der Waals surface area (Å²) in [6.07, 6.45) is 0. The summed E-state index contributed by atoms with van der Waals surface area (Å²) in [7, 11) is 1.60. The number of nitrogens with zero attached hydrogens (tertiary/aromatic N) is 3. The summed E-state index contributed by atoms with van der Waals surface area (Å²) in [4.78, 5) is 16.2. The number of hydrogen-bond donors (Lipinski definition) is 1. The van der Waals surface area contributed by atoms with Gasteiger partial charge >= 0.3 is 5.97 Å². The fourth-order valence-corrected chi connectivity index (χ4v) is 3.53. The quantitative estimate of drug-likeness (QED) is 0.374. The number of aromatic carboxylic acids is 1. The number of fused-ring (bicyclic) bond motifs is 1. The van der Waals surface area contributed by atoms with Gasteiger partial charge in [-0.2, -0.15) is 5.10 Å². The topological polar surface area (TPSA) is 86.0 Å². The molecule has 0 amide bonds. The number of aromatic nitrogens is 3. The van der Waals surface area contributed by atoms with Crippen LogP contribution < -0.4 is 9.47 Å². The third-order valence-corrected chi connectivity index (χ3v) is 5.14. The van der Waals surface area contributed by atoms with Crippen LogP contribution in [0.1, 0.15) is 10.5 Å². The van der Waals surface area contributed by atoms with Gasteiger partial charge < -0.3 is 14.6 Å². The second kappa shape index (κ2) is 8.47. The molecule has 33 heavy (non-hydrogen) atoms. The lowest BCUT2D eigenvalue weighted by Gasteiger charge is -2.10. The molecule has 7 heteroatoms. The first-order chi connectivity index (χ1) is 16.1. The van der Waals surface area contributed by atoms with Crippen molar-refractivity contribution in [2.45, 2.75) is 0 Å². The van der Waals surface area contributed by atoms with E-state index < -0.39 is 5.97 Å². The van der Waals surface area contributed by atoms with Crippen LogP contribution in [0.2, 0.25) is 0 Å². The zero-order valence-corrected chi connectivity index (χ0v) is 17.7. The normalized spacial score (nSPS) is 10.8. The number of methoxy groups -OCH3 is 1. The molecule has 0 spiro atoms. The molecule has 162 valence electrons. The van der Waals surface area contributed by atoms with Gasteiger partial charge in [0.2, 0.25) is 0 Å². The molecule has 0 unspecified atom stereocenters. The van der Waals surface area contributed by atoms with Gasteiger partial charge in [0.1, 0.15) is 17.2 Å². The zero-order chi connectivity index (χ0) is 22.8. The number of ether oxygens (including phenoxy) is 2. The van der Waals surface area contributed by atoms with E-state index in [1.807, 2.05) is 84.9 Å². The highest BCUT2D eigenvalue weighted by atomic mass is 16.5. The maximum Gasteiger partial charge on any atom is 0.356 e. The molecule has 0 atom stereocenters. The fraction of sp³-hybridized carbons (Fsp3) is 0.0385. The lowest BCUT2D eigenvalue weighted by Crippen LogP contribution is -2.01. The van der Waals surface area contributed by atoms with Crippen molar-refractivity contribution >= 4 is 11.6 Å². The first-order valence-corrected chi connectivity index (χ1v) is 10.2. The van der Waals surface area contributed by atoms with E-state index in [2.05, 4.69) is 10.1 Å². The van der Waals surface area contributed by atoms with Crippen LogP contribution in [-0.4, -0.2) is 32.8 Å². The highest BCUT2D eigenvalue weighted by Gasteiger charge is 2.16. The zero-order valence-electron chi connectivity index (χ0n) is 17.7. The second-order valence-electron chi connectivity index (χ2n) is 7.30. The molecule has 0 aliphatic heterocycles. The lowest BCUT2D eigenvalue weighted by molar-refractivity contribution is 0.0690. The summed E-state index contributed by atoms with van der Waals surface area (Å²) in [5, 5.41) is 13.7. The number of rotatable bonds is 6. The van der Waals surface area contributed by atoms with E-state index in [0.717, 1.165) is 16.9 Å². The Bertz CT molecular complexity index is 1440. The van der Waals surface area contributed by atoms with Gasteiger partial charge in [0.25, 0.3) is 0 Å². The van der Waals surface area contributed by atoms with Crippen molar-refractivity contribution in [3.8, 4) is 39.8 Å². The van der Waals surface area contributed by atoms with Gasteiger partial charge in [-0.05, 0) is 54.6 Å². The number of benzene rings is 3. The van der Waals surface area contributed by atoms with Crippen LogP contribution in [0.4, 0.5) is 0 Å². The molecule has 2 aromatic heterocycles. The van der Waals surface area contributed by atoms with Crippen molar-refractivity contribution in [3.05, 3.63) is 96.7 Å². The van der Waals surface area contributed by atoms with Gasteiger partial charge in [-0.25, -0.2) is 14.3 Å². The van der Waals surface area contributed by atoms with E-state index in [9.17, 15) is 9.90 Å². The Kier molecular flexibility index (Phi) is 5.20. The Labute approximate surface area is 189 Å². The molecule has 0 saturated carbocycles. The molecule has 1 N–H and O–H groups in total. The monoisotopic (exact) mass is 437 g/mol. The van der Waals surface area contributed by atoms with Crippen LogP contribution in [0.25, 0.3) is 28.2 Å². The summed E-state index contributed by atoms with van der Waals surface area (Å²) in [5.74, 6) is 1.04. The fourth-order valence-electron chi connectivity index (χ4n) is 3.53. The second-order valence-corrected chi connectivity index (χ2v) is 7.30. The third kappa shape index (κ3) is 4.12. The Balaban J connectivity index is 1.59. The summed E-state index contributed by atoms with van der Waals surface area (Å²) in [5.41, 5.74) is 3.43. The smallest absolute Gasteiger partial charge is 0.356 e. The molecular formula is C26H19N3O4. The number of carboxylic acids is 1. The van der Waals surface area contributed by atoms with Gasteiger partial charge in [0.15, 0.2) is 11.3 Å². The predicted molar refractivity (Wildman–Crippen MR) is 124 cm³/mol. The maximum atomic E-state index is 11.5. The average Bonchev–Trinajstić information content (AvgIpc) is 3.29. The van der Waals surface area contributed by atoms with Gasteiger partial charge in [-0.15, -0.1) is 0 Å². The molecule has 0 fully saturated rings. The minimum absolute atomic E-state index is 0.0737. The molecule has 5 aromatic rings. The van der Waals surface area contributed by atoms with Crippen LogP contribution in [0.15, 0.2) is 91.0 Å². The molecule has 0 aliphatic rings. The van der Waals surface area contributed by atoms with Gasteiger partial charge in [0, 0.05) is 17.2 Å². The van der Waals surface area contributed by atoms with Gasteiger partial charge in [-0.1, -0.05) is 30.3 Å². The number of hydrogen-bond acceptors (Lipinski definition) is 5. The highest BCUT2D eigenvalue weighted by molar-refractivity contribution is 5.87. The SMILES string of the molecule is COc1cccc(-c2cc(-c3ccc(Oc4ccccc4)cc3)nc3cc(C(=O)O)nn23)c1. The molecular weight excluding hydrogens is 418 g/mol. The van der Waals surface area contributed by atoms with Crippen LogP contribution in [-0.2, 0) is 0 Å². The summed E-state index contributed by atoms with van der Waals surface area (Å²) < 4.78 is 12.8. The molecule has 5 rings (SSSR count). The molecule has 0 bridgehead atoms. The molecule has 2 heterocycles. The Morgan fingerprint density at radius 1 is 0.818 bits per heavy atom. The largest absolute Gasteiger partial charge is 0.497 e. The maximum absolute atomic E-state index is 11.5. The minimum atomic E-state index is -1.11. The van der Waals surface area contributed by atoms with Crippen molar-refractivity contribution in [3.63, 3.8) is 0 Å². The van der Waals surface area contributed by atoms with Crippen molar-refractivity contribution in [1.29, 1.82) is 0 Å². The number of para-hydroxylation sites is 1. The standard InChI is InChI=1S/C26H19N3O4/c1-32-21-9-5-6-18(14-21)24-15-22(27-25-16-23(26(30)31)28-29(24)25)17-10-12-20(13-11-17)33-19-7-3-2-4-8-19/h2-16H,1H3,(H,30,31). The van der Waals surface area contributed by atoms with E-state index in [4.69, 9.17) is 9.47 Å². The van der Waals surface area contributed by atoms with E-state index in [-0.39, 0.29) is 5.69 Å². The highest BCUT2D eigenvalue weighted by Crippen LogP contribution is 2.30. The Morgan fingerprint density at radius 3 is 2.27 bits per heavy atom. The Hall–Kier alpha value is -4.65. The molecule has 0 radical (unpaired) electrons. The minimum Gasteiger partial charge on any atom is -0.497 e. The lowest BCUT2D eigenvalue weighted by atomic mass is 10.1. The van der Waals surface area contributed by atoms with Crippen molar-refractivity contribution in [2.75, 3.05) is 7.11 Å². The van der Waals surface area contributed by atoms with Gasteiger partial charge in [0.05, 0.1) is 18.5 Å². The first-order valence-electron chi connectivity index (χ1n) is 10.2. The van der Waals surface area contributed by atoms with Crippen molar-refractivity contribution in [2.24, 2.45) is 0 Å². The molecule has 0 saturated heterocycles. The molecule has 7 nitrogen and oxygen atoms in total. The summed E-state index contributed by atoms with van der Waals surface area (Å²) >= 11 is 0. The van der Waals surface area contributed by atoms with E-state index in [0.29, 0.717) is 28.5 Å². The predicted octanol–water partition coefficient (Wildman–Crippen LogP) is 5.56. The summed E-state index contributed by atoms with van der Waals surface area (Å²) in [6, 6.07) is 28.0. The average molecular weight is 437 g/mol. The van der Waals surface area contributed by atoms with Crippen molar-refractivity contribution < 1.29 is 19.4 Å². The van der Waals surface area contributed by atoms with Crippen LogP contribution >= 0.6 is 0 Å². The third-order valence-electron chi connectivity index (χ3n) is 5.14. The van der Waals surface area contributed by atoms with Crippen LogP contribution in [0.5, 0.6) is 17.2 Å². The number of carbonyl (C=O) groups is 1. The van der Waals surface area contributed by atoms with E-state index in [1.54, 1.807) is 7.11 Å². The molecule has 0 aliphatic carbocycles. The van der Waals surface area contributed by atoms with E-state index >= 15 is 0 Å². The van der Waals surface area contributed by atoms with Crippen LogP contribution in [0, 0.1) is 0 Å². The van der Waals surface area contributed by atoms with Crippen LogP contribution in [0.3, 0.4) is 0 Å². The first kappa shape index (κ1) is 20.3. The van der Waals surface area contributed by atoms with Crippen molar-refractivity contribution in [1.82, 2.24) is 14.6 Å². The number of carboxylic acid groups (broad SMARTS) is 1. The summed E-state index contributed by atoms with van der Waals surface area (Å²) in [6.45, 7) is 0. The Morgan fingerprint density at radius 2 is 1.55 bits per heavy atom. The van der Waals surface area contributed by atoms with E-state index in [1.165, 1.54) is 10.6 Å². The molecule has 3 aromatic carbocycles.